The van der Waals surface area contributed by atoms with Crippen molar-refractivity contribution in [3.8, 4) is 0 Å². The maximum absolute atomic E-state index is 14.1. The Morgan fingerprint density at radius 2 is 1.40 bits per heavy atom. The summed E-state index contributed by atoms with van der Waals surface area (Å²) in [5.74, 6) is -2.74. The molecular weight excluding hydrogens is 1030 g/mol. The summed E-state index contributed by atoms with van der Waals surface area (Å²) in [6.45, 7) is 9.90. The zero-order valence-electron chi connectivity index (χ0n) is 41.0. The molecule has 3 aliphatic heterocycles. The minimum Gasteiger partial charge on any atom is -0.748 e. The Bertz CT molecular complexity index is 3480. The number of imide groups is 1. The van der Waals surface area contributed by atoms with Crippen molar-refractivity contribution in [1.29, 1.82) is 0 Å². The molecule has 374 valence electrons. The van der Waals surface area contributed by atoms with E-state index in [4.69, 9.17) is 4.84 Å². The van der Waals surface area contributed by atoms with E-state index in [1.54, 1.807) is 48.6 Å². The van der Waals surface area contributed by atoms with E-state index in [9.17, 15) is 61.7 Å². The molecule has 25 heteroatoms. The number of carbonyl (C=O) groups excluding carboxylic acids is 3. The van der Waals surface area contributed by atoms with E-state index in [1.165, 1.54) is 19.2 Å². The summed E-state index contributed by atoms with van der Waals surface area (Å²) in [6.07, 6.45) is 8.54. The Morgan fingerprint density at radius 1 is 0.764 bits per heavy atom. The molecule has 1 saturated heterocycles. The van der Waals surface area contributed by atoms with E-state index in [2.05, 4.69) is 0 Å². The molecular formula is C47H50N4Na2O15S4. The van der Waals surface area contributed by atoms with Crippen LogP contribution in [-0.2, 0) is 70.4 Å². The second kappa shape index (κ2) is 21.9. The summed E-state index contributed by atoms with van der Waals surface area (Å²) < 4.78 is 140. The first kappa shape index (κ1) is 59.2. The number of hydrogen-bond donors (Lipinski definition) is 0. The first-order valence-corrected chi connectivity index (χ1v) is 27.9. The van der Waals surface area contributed by atoms with Crippen LogP contribution in [0.1, 0.15) is 77.8 Å². The van der Waals surface area contributed by atoms with Gasteiger partial charge in [0.05, 0.1) is 30.2 Å². The Kier molecular flexibility index (Phi) is 18.0. The SMILES string of the molecule is CCN1/C(=C/C=C/C=C/C2=[N+](CCCS(=O)(=O)[O-])c3ccc4c(S(=O)(=O)N(C)CCCC(=O)ON5C(=O)CCC5=O)cccc4c3C2(C)C)C(C)(C)c2c1ccc1c(S(=O)(=O)[O-])cc(S(=O)(=O)[O-])cc21.[Na+].[Na+]. The van der Waals surface area contributed by atoms with Crippen LogP contribution >= 0.6 is 0 Å². The Hall–Kier alpha value is -3.66. The molecule has 19 nitrogen and oxygen atoms in total. The monoisotopic (exact) mass is 1080 g/mol. The molecule has 0 bridgehead atoms. The molecule has 0 spiro atoms. The van der Waals surface area contributed by atoms with Gasteiger partial charge in [-0.05, 0) is 85.3 Å². The van der Waals surface area contributed by atoms with Gasteiger partial charge in [-0.15, -0.1) is 5.06 Å². The number of hydrogen-bond acceptors (Lipinski definition) is 16. The van der Waals surface area contributed by atoms with Crippen LogP contribution in [-0.4, -0.2) is 117 Å². The molecule has 4 aromatic carbocycles. The third-order valence-electron chi connectivity index (χ3n) is 12.9. The molecule has 0 aromatic heterocycles. The van der Waals surface area contributed by atoms with Gasteiger partial charge in [0.1, 0.15) is 26.8 Å². The van der Waals surface area contributed by atoms with Crippen LogP contribution in [0.5, 0.6) is 0 Å². The standard InChI is InChI=1S/C47H52N4O15S4.2Na/c1-7-49-35-21-20-32-34(28-30(69(60,61)62)29-38(32)70(63,64)65)45(35)46(2,3)39(49)16-9-8-10-17-40-47(4,5)44-33-14-11-15-37(31(33)19-22-36(44)50(40)26-13-27-67(55,56)57)68(58,59)48(6)25-12-18-43(54)66-51-41(52)23-24-42(51)53;;/h8-11,14-17,19-22,28-29H,7,12-13,18,23-27H2,1-6H3,(H2-,55,56,57,60,61,62,63,64,65);;/q;2*+1/p-2. The number of rotatable bonds is 17. The fourth-order valence-corrected chi connectivity index (χ4v) is 12.9. The smallest absolute Gasteiger partial charge is 0.748 e. The van der Waals surface area contributed by atoms with Crippen molar-refractivity contribution in [1.82, 2.24) is 9.37 Å². The molecule has 72 heavy (non-hydrogen) atoms. The average Bonchev–Trinajstić information content (AvgIpc) is 3.78. The van der Waals surface area contributed by atoms with Crippen LogP contribution < -0.4 is 64.0 Å². The first-order valence-electron chi connectivity index (χ1n) is 22.1. The van der Waals surface area contributed by atoms with Gasteiger partial charge in [-0.25, -0.2) is 42.8 Å². The van der Waals surface area contributed by atoms with Gasteiger partial charge in [-0.3, -0.25) is 9.59 Å². The van der Waals surface area contributed by atoms with Gasteiger partial charge < -0.3 is 23.4 Å². The number of allylic oxidation sites excluding steroid dienone is 6. The molecule has 0 radical (unpaired) electrons. The summed E-state index contributed by atoms with van der Waals surface area (Å²) in [7, 11) is -17.7. The van der Waals surface area contributed by atoms with Crippen molar-refractivity contribution in [2.75, 3.05) is 37.3 Å². The van der Waals surface area contributed by atoms with Crippen molar-refractivity contribution in [2.45, 2.75) is 92.2 Å². The number of fused-ring (bicyclic) bond motifs is 6. The summed E-state index contributed by atoms with van der Waals surface area (Å²) in [6, 6.07) is 13.0. The number of nitrogens with zero attached hydrogens (tertiary/aromatic N) is 4. The Labute approximate surface area is 463 Å². The van der Waals surface area contributed by atoms with Crippen molar-refractivity contribution in [3.05, 3.63) is 102 Å². The summed E-state index contributed by atoms with van der Waals surface area (Å²) in [5, 5.41) is 1.53. The second-order valence-corrected chi connectivity index (χ2v) is 24.4. The van der Waals surface area contributed by atoms with Crippen molar-refractivity contribution >= 4 is 96.8 Å². The Morgan fingerprint density at radius 3 is 2.01 bits per heavy atom. The largest absolute Gasteiger partial charge is 1.00 e. The molecule has 4 aromatic rings. The third-order valence-corrected chi connectivity index (χ3v) is 17.3. The number of likely N-dealkylation sites (N-methyl/N-ethyl adjacent to an activating group) is 1. The van der Waals surface area contributed by atoms with Crippen LogP contribution in [0.4, 0.5) is 11.4 Å². The van der Waals surface area contributed by atoms with Crippen LogP contribution in [0.15, 0.2) is 105 Å². The fraction of sp³-hybridized carbons (Fsp3) is 0.362. The summed E-state index contributed by atoms with van der Waals surface area (Å²) >= 11 is 0. The maximum atomic E-state index is 14.1. The number of carbonyl (C=O) groups is 3. The van der Waals surface area contributed by atoms with E-state index >= 15 is 0 Å². The van der Waals surface area contributed by atoms with Gasteiger partial charge in [-0.2, -0.15) is 4.58 Å². The molecule has 0 saturated carbocycles. The van der Waals surface area contributed by atoms with E-state index in [-0.39, 0.29) is 120 Å². The minimum atomic E-state index is -5.20. The topological polar surface area (TPSA) is 279 Å². The predicted molar refractivity (Wildman–Crippen MR) is 254 cm³/mol. The van der Waals surface area contributed by atoms with Gasteiger partial charge in [0.15, 0.2) is 5.71 Å². The van der Waals surface area contributed by atoms with Crippen molar-refractivity contribution in [2.24, 2.45) is 0 Å². The molecule has 0 aliphatic carbocycles. The quantitative estimate of drug-likeness (QED) is 0.0401. The summed E-state index contributed by atoms with van der Waals surface area (Å²) in [5.41, 5.74) is 2.22. The molecule has 0 N–H and O–H groups in total. The number of benzene rings is 4. The molecule has 3 aliphatic rings. The molecule has 1 fully saturated rings. The number of sulfonamides is 1. The zero-order chi connectivity index (χ0) is 51.5. The van der Waals surface area contributed by atoms with Crippen molar-refractivity contribution in [3.63, 3.8) is 0 Å². The third kappa shape index (κ3) is 11.6. The number of anilines is 1. The van der Waals surface area contributed by atoms with Crippen LogP contribution in [0.3, 0.4) is 0 Å². The molecule has 0 atom stereocenters. The molecule has 7 rings (SSSR count). The van der Waals surface area contributed by atoms with Gasteiger partial charge in [0.25, 0.3) is 11.8 Å². The van der Waals surface area contributed by atoms with Gasteiger partial charge in [0, 0.05) is 91.5 Å². The minimum absolute atomic E-state index is 0. The predicted octanol–water partition coefficient (Wildman–Crippen LogP) is -1.06. The number of amides is 2. The zero-order valence-corrected chi connectivity index (χ0v) is 48.3. The van der Waals surface area contributed by atoms with E-state index < -0.39 is 84.5 Å². The van der Waals surface area contributed by atoms with Gasteiger partial charge >= 0.3 is 65.1 Å². The normalized spacial score (nSPS) is 17.4. The fourth-order valence-electron chi connectivity index (χ4n) is 9.69. The Balaban J connectivity index is 0.00000481. The molecule has 0 unspecified atom stereocenters. The van der Waals surface area contributed by atoms with Crippen LogP contribution in [0.25, 0.3) is 21.5 Å². The van der Waals surface area contributed by atoms with Crippen LogP contribution in [0, 0.1) is 0 Å². The maximum Gasteiger partial charge on any atom is 1.00 e. The second-order valence-electron chi connectivity index (χ2n) is 18.1. The van der Waals surface area contributed by atoms with Crippen LogP contribution in [0.2, 0.25) is 0 Å². The van der Waals surface area contributed by atoms with E-state index in [1.807, 2.05) is 56.2 Å². The average molecular weight is 1090 g/mol. The van der Waals surface area contributed by atoms with Gasteiger partial charge in [0.2, 0.25) is 15.7 Å². The molecule has 3 heterocycles. The van der Waals surface area contributed by atoms with Gasteiger partial charge in [-0.1, -0.05) is 50.3 Å². The van der Waals surface area contributed by atoms with E-state index in [0.29, 0.717) is 51.1 Å². The molecule has 2 amide bonds. The summed E-state index contributed by atoms with van der Waals surface area (Å²) in [4.78, 5) is 41.3. The first-order chi connectivity index (χ1) is 32.5. The van der Waals surface area contributed by atoms with E-state index in [0.717, 1.165) is 21.6 Å². The number of hydroxylamine groups is 2. The van der Waals surface area contributed by atoms with Crippen molar-refractivity contribution < 1.29 is 130 Å².